The zero-order chi connectivity index (χ0) is 24.6. The number of aromatic nitrogens is 3. The molecule has 0 spiro atoms. The number of amides is 1. The summed E-state index contributed by atoms with van der Waals surface area (Å²) >= 11 is 0. The van der Waals surface area contributed by atoms with Crippen molar-refractivity contribution in [1.82, 2.24) is 14.6 Å². The molecule has 0 atom stereocenters. The molecule has 0 saturated carbocycles. The van der Waals surface area contributed by atoms with Gasteiger partial charge in [-0.05, 0) is 62.4 Å². The van der Waals surface area contributed by atoms with E-state index in [1.54, 1.807) is 23.8 Å². The van der Waals surface area contributed by atoms with Crippen LogP contribution in [0.2, 0.25) is 0 Å². The number of benzene rings is 2. The van der Waals surface area contributed by atoms with Crippen molar-refractivity contribution in [3.63, 3.8) is 0 Å². The topological polar surface area (TPSA) is 59.7 Å². The van der Waals surface area contributed by atoms with E-state index in [1.165, 1.54) is 24.1 Å². The molecule has 4 rings (SSSR count). The van der Waals surface area contributed by atoms with Crippen LogP contribution in [0.1, 0.15) is 22.5 Å². The first-order chi connectivity index (χ1) is 16.1. The van der Waals surface area contributed by atoms with Crippen molar-refractivity contribution in [3.8, 4) is 17.0 Å². The number of ether oxygens (including phenoxy) is 1. The highest BCUT2D eigenvalue weighted by molar-refractivity contribution is 5.96. The third-order valence-corrected chi connectivity index (χ3v) is 5.62. The Kier molecular flexibility index (Phi) is 6.03. The number of rotatable bonds is 5. The van der Waals surface area contributed by atoms with Crippen molar-refractivity contribution in [2.75, 3.05) is 19.1 Å². The minimum atomic E-state index is -4.50. The van der Waals surface area contributed by atoms with Crippen molar-refractivity contribution in [2.45, 2.75) is 26.4 Å². The van der Waals surface area contributed by atoms with E-state index in [9.17, 15) is 18.0 Å². The van der Waals surface area contributed by atoms with Crippen molar-refractivity contribution in [3.05, 3.63) is 77.1 Å². The van der Waals surface area contributed by atoms with E-state index >= 15 is 0 Å². The fraction of sp³-hybridized carbons (Fsp3) is 0.240. The number of fused-ring (bicyclic) bond motifs is 1. The fourth-order valence-corrected chi connectivity index (χ4v) is 3.81. The first-order valence-electron chi connectivity index (χ1n) is 10.5. The van der Waals surface area contributed by atoms with E-state index in [4.69, 9.17) is 9.84 Å². The van der Waals surface area contributed by atoms with Crippen LogP contribution in [0, 0.1) is 13.8 Å². The van der Waals surface area contributed by atoms with Crippen LogP contribution in [0.4, 0.5) is 18.9 Å². The maximum Gasteiger partial charge on any atom is 0.416 e. The summed E-state index contributed by atoms with van der Waals surface area (Å²) in [6.07, 6.45) is -4.59. The highest BCUT2D eigenvalue weighted by Gasteiger charge is 2.31. The summed E-state index contributed by atoms with van der Waals surface area (Å²) < 4.78 is 46.4. The van der Waals surface area contributed by atoms with Gasteiger partial charge in [-0.25, -0.2) is 9.50 Å². The summed E-state index contributed by atoms with van der Waals surface area (Å²) in [4.78, 5) is 19.1. The molecule has 0 saturated heterocycles. The number of carbonyl (C=O) groups is 1. The molecule has 6 nitrogen and oxygen atoms in total. The molecule has 2 heterocycles. The molecule has 2 aromatic carbocycles. The van der Waals surface area contributed by atoms with Gasteiger partial charge in [-0.2, -0.15) is 18.3 Å². The second-order valence-corrected chi connectivity index (χ2v) is 8.01. The van der Waals surface area contributed by atoms with Gasteiger partial charge in [0.25, 0.3) is 0 Å². The molecule has 176 valence electrons. The minimum Gasteiger partial charge on any atom is -0.497 e. The van der Waals surface area contributed by atoms with Crippen LogP contribution in [0.25, 0.3) is 16.9 Å². The van der Waals surface area contributed by atoms with Gasteiger partial charge in [0.15, 0.2) is 5.65 Å². The molecule has 9 heteroatoms. The molecule has 2 aromatic heterocycles. The van der Waals surface area contributed by atoms with Gasteiger partial charge in [0.05, 0.1) is 24.8 Å². The lowest BCUT2D eigenvalue weighted by molar-refractivity contribution is -0.137. The van der Waals surface area contributed by atoms with Gasteiger partial charge in [-0.15, -0.1) is 0 Å². The predicted molar refractivity (Wildman–Crippen MR) is 123 cm³/mol. The van der Waals surface area contributed by atoms with Crippen molar-refractivity contribution < 1.29 is 22.7 Å². The second-order valence-electron chi connectivity index (χ2n) is 8.01. The molecule has 0 fully saturated rings. The highest BCUT2D eigenvalue weighted by atomic mass is 19.4. The van der Waals surface area contributed by atoms with E-state index in [1.807, 2.05) is 32.0 Å². The summed E-state index contributed by atoms with van der Waals surface area (Å²) in [6, 6.07) is 13.9. The molecule has 0 bridgehead atoms. The summed E-state index contributed by atoms with van der Waals surface area (Å²) in [5.74, 6) is 0.296. The molecule has 0 aliphatic rings. The maximum absolute atomic E-state index is 13.2. The zero-order valence-corrected chi connectivity index (χ0v) is 19.1. The summed E-state index contributed by atoms with van der Waals surface area (Å²) in [5, 5.41) is 4.70. The lowest BCUT2D eigenvalue weighted by atomic mass is 10.0. The standard InChI is InChI=1S/C25H23F3N4O2/c1-15-12-16(2)32-24(29-15)21(23(30-32)17-8-10-20(34-4)11-9-17)14-22(33)31(3)19-7-5-6-18(13-19)25(26,27)28/h5-13H,14H2,1-4H3. The molecule has 1 amide bonds. The average Bonchev–Trinajstić information content (AvgIpc) is 3.16. The Morgan fingerprint density at radius 2 is 1.79 bits per heavy atom. The van der Waals surface area contributed by atoms with E-state index in [-0.39, 0.29) is 18.0 Å². The van der Waals surface area contributed by atoms with Crippen LogP contribution in [-0.2, 0) is 17.4 Å². The number of anilines is 1. The van der Waals surface area contributed by atoms with Crippen molar-refractivity contribution >= 4 is 17.2 Å². The van der Waals surface area contributed by atoms with Gasteiger partial charge in [-0.1, -0.05) is 6.07 Å². The van der Waals surface area contributed by atoms with Crippen LogP contribution < -0.4 is 9.64 Å². The molecule has 0 N–H and O–H groups in total. The lowest BCUT2D eigenvalue weighted by Crippen LogP contribution is -2.28. The van der Waals surface area contributed by atoms with E-state index in [0.717, 1.165) is 29.1 Å². The molecular weight excluding hydrogens is 445 g/mol. The molecular formula is C25H23F3N4O2. The van der Waals surface area contributed by atoms with E-state index in [2.05, 4.69) is 4.98 Å². The van der Waals surface area contributed by atoms with Gasteiger partial charge in [0, 0.05) is 35.2 Å². The summed E-state index contributed by atoms with van der Waals surface area (Å²) in [5.41, 5.74) is 3.45. The summed E-state index contributed by atoms with van der Waals surface area (Å²) in [7, 11) is 3.03. The summed E-state index contributed by atoms with van der Waals surface area (Å²) in [6.45, 7) is 3.75. The molecule has 0 aliphatic carbocycles. The Bertz CT molecular complexity index is 1360. The largest absolute Gasteiger partial charge is 0.497 e. The highest BCUT2D eigenvalue weighted by Crippen LogP contribution is 2.32. The number of aryl methyl sites for hydroxylation is 2. The van der Waals surface area contributed by atoms with Crippen molar-refractivity contribution in [1.29, 1.82) is 0 Å². The van der Waals surface area contributed by atoms with E-state index in [0.29, 0.717) is 22.7 Å². The number of likely N-dealkylation sites (N-methyl/N-ethyl adjacent to an activating group) is 1. The van der Waals surface area contributed by atoms with Gasteiger partial charge >= 0.3 is 6.18 Å². The van der Waals surface area contributed by atoms with Crippen LogP contribution in [-0.4, -0.2) is 34.7 Å². The first-order valence-corrected chi connectivity index (χ1v) is 10.5. The van der Waals surface area contributed by atoms with Gasteiger partial charge < -0.3 is 9.64 Å². The Hall–Kier alpha value is -3.88. The maximum atomic E-state index is 13.2. The quantitative estimate of drug-likeness (QED) is 0.402. The molecule has 34 heavy (non-hydrogen) atoms. The number of carbonyl (C=O) groups excluding carboxylic acids is 1. The van der Waals surface area contributed by atoms with Crippen LogP contribution in [0.5, 0.6) is 5.75 Å². The smallest absolute Gasteiger partial charge is 0.416 e. The number of nitrogens with zero attached hydrogens (tertiary/aromatic N) is 4. The number of methoxy groups -OCH3 is 1. The normalized spacial score (nSPS) is 11.6. The molecule has 0 radical (unpaired) electrons. The van der Waals surface area contributed by atoms with Gasteiger partial charge in [0.2, 0.25) is 5.91 Å². The van der Waals surface area contributed by atoms with Crippen LogP contribution in [0.3, 0.4) is 0 Å². The Morgan fingerprint density at radius 1 is 1.09 bits per heavy atom. The Labute approximate surface area is 194 Å². The van der Waals surface area contributed by atoms with E-state index < -0.39 is 11.7 Å². The van der Waals surface area contributed by atoms with Gasteiger partial charge in [0.1, 0.15) is 5.75 Å². The molecule has 0 aliphatic heterocycles. The van der Waals surface area contributed by atoms with Crippen molar-refractivity contribution in [2.24, 2.45) is 0 Å². The number of halogens is 3. The monoisotopic (exact) mass is 468 g/mol. The third-order valence-electron chi connectivity index (χ3n) is 5.62. The Balaban J connectivity index is 1.76. The van der Waals surface area contributed by atoms with Crippen LogP contribution >= 0.6 is 0 Å². The zero-order valence-electron chi connectivity index (χ0n) is 19.1. The number of alkyl halides is 3. The minimum absolute atomic E-state index is 0.0898. The fourth-order valence-electron chi connectivity index (χ4n) is 3.81. The molecule has 0 unspecified atom stereocenters. The number of hydrogen-bond donors (Lipinski definition) is 0. The predicted octanol–water partition coefficient (Wildman–Crippen LogP) is 5.25. The first kappa shape index (κ1) is 23.3. The lowest BCUT2D eigenvalue weighted by Gasteiger charge is -2.19. The second kappa shape index (κ2) is 8.81. The van der Waals surface area contributed by atoms with Gasteiger partial charge in [-0.3, -0.25) is 4.79 Å². The van der Waals surface area contributed by atoms with Crippen LogP contribution in [0.15, 0.2) is 54.6 Å². The molecule has 4 aromatic rings. The Morgan fingerprint density at radius 3 is 2.44 bits per heavy atom. The average molecular weight is 468 g/mol. The number of hydrogen-bond acceptors (Lipinski definition) is 4. The SMILES string of the molecule is COc1ccc(-c2nn3c(C)cc(C)nc3c2CC(=O)N(C)c2cccc(C(F)(F)F)c2)cc1. The third kappa shape index (κ3) is 4.46.